The lowest BCUT2D eigenvalue weighted by Crippen LogP contribution is -2.39. The number of fused-ring (bicyclic) bond motifs is 10. The molecule has 0 N–H and O–H groups in total. The lowest BCUT2D eigenvalue weighted by atomic mass is 9.62. The molecule has 0 amide bonds. The first-order chi connectivity index (χ1) is 23.7. The van der Waals surface area contributed by atoms with Gasteiger partial charge in [-0.15, -0.1) is 0 Å². The normalized spacial score (nSPS) is 17.7. The highest BCUT2D eigenvalue weighted by molar-refractivity contribution is 8.26. The van der Waals surface area contributed by atoms with E-state index in [1.165, 1.54) is 69.1 Å². The van der Waals surface area contributed by atoms with Crippen LogP contribution < -0.4 is 20.8 Å². The van der Waals surface area contributed by atoms with Crippen molar-refractivity contribution in [1.82, 2.24) is 0 Å². The zero-order valence-electron chi connectivity index (χ0n) is 25.8. The summed E-state index contributed by atoms with van der Waals surface area (Å²) in [5.74, 6) is 0. The Morgan fingerprint density at radius 2 is 0.917 bits per heavy atom. The largest absolute Gasteiger partial charge is 0.310 e. The van der Waals surface area contributed by atoms with E-state index in [1.807, 2.05) is 23.5 Å². The van der Waals surface area contributed by atoms with Crippen molar-refractivity contribution in [2.75, 3.05) is 4.90 Å². The Bertz CT molecular complexity index is 2380. The predicted molar refractivity (Wildman–Crippen MR) is 207 cm³/mol. The zero-order valence-corrected chi connectivity index (χ0v) is 29.1. The molecule has 3 heterocycles. The summed E-state index contributed by atoms with van der Waals surface area (Å²) < 4.78 is 0. The number of anilines is 3. The van der Waals surface area contributed by atoms with Gasteiger partial charge in [0.1, 0.15) is 0 Å². The third-order valence-electron chi connectivity index (χ3n) is 9.99. The molecule has 7 aromatic rings. The van der Waals surface area contributed by atoms with Crippen LogP contribution >= 0.6 is 29.6 Å². The topological polar surface area (TPSA) is 3.24 Å². The van der Waals surface area contributed by atoms with Crippen LogP contribution in [0.25, 0.3) is 0 Å². The van der Waals surface area contributed by atoms with Crippen molar-refractivity contribution in [3.05, 3.63) is 192 Å². The summed E-state index contributed by atoms with van der Waals surface area (Å²) >= 11 is 10.5. The van der Waals surface area contributed by atoms with Crippen molar-refractivity contribution in [2.24, 2.45) is 0 Å². The molecule has 0 aromatic heterocycles. The maximum atomic E-state index is 6.79. The summed E-state index contributed by atoms with van der Waals surface area (Å²) in [7, 11) is 0. The summed E-state index contributed by atoms with van der Waals surface area (Å²) in [5.41, 5.74) is 8.40. The molecule has 10 rings (SSSR count). The van der Waals surface area contributed by atoms with Gasteiger partial charge >= 0.3 is 0 Å². The lowest BCUT2D eigenvalue weighted by molar-refractivity contribution is 0.692. The predicted octanol–water partition coefficient (Wildman–Crippen LogP) is 10.5. The molecule has 0 aliphatic carbocycles. The van der Waals surface area contributed by atoms with E-state index in [-0.39, 0.29) is 0 Å². The average Bonchev–Trinajstić information content (AvgIpc) is 3.15. The first-order valence-corrected chi connectivity index (χ1v) is 20.6. The fourth-order valence-electron chi connectivity index (χ4n) is 8.05. The molecule has 0 saturated carbocycles. The Labute approximate surface area is 294 Å². The van der Waals surface area contributed by atoms with Crippen LogP contribution in [0.5, 0.6) is 0 Å². The summed E-state index contributed by atoms with van der Waals surface area (Å²) in [6.45, 7) is 0. The molecular formula is C43H28NPS3. The fourth-order valence-corrected chi connectivity index (χ4v) is 15.7. The molecule has 0 bridgehead atoms. The Balaban J connectivity index is 1.23. The molecule has 0 saturated heterocycles. The zero-order chi connectivity index (χ0) is 31.9. The highest BCUT2D eigenvalue weighted by Gasteiger charge is 2.50. The molecule has 1 unspecified atom stereocenters. The molecule has 7 aromatic carbocycles. The van der Waals surface area contributed by atoms with E-state index < -0.39 is 11.5 Å². The van der Waals surface area contributed by atoms with Gasteiger partial charge in [-0.25, -0.2) is 0 Å². The van der Waals surface area contributed by atoms with Crippen LogP contribution in [0.4, 0.5) is 17.1 Å². The smallest absolute Gasteiger partial charge is 0.0764 e. The van der Waals surface area contributed by atoms with Crippen molar-refractivity contribution in [2.45, 2.75) is 25.0 Å². The Morgan fingerprint density at radius 3 is 1.56 bits per heavy atom. The van der Waals surface area contributed by atoms with Gasteiger partial charge in [0, 0.05) is 41.9 Å². The van der Waals surface area contributed by atoms with Crippen molar-refractivity contribution in [3.8, 4) is 0 Å². The Morgan fingerprint density at radius 1 is 0.438 bits per heavy atom. The summed E-state index contributed by atoms with van der Waals surface area (Å²) in [4.78, 5) is 7.62. The third-order valence-corrected chi connectivity index (χ3v) is 17.5. The lowest BCUT2D eigenvalue weighted by Gasteiger charge is -2.49. The maximum absolute atomic E-state index is 6.79. The van der Waals surface area contributed by atoms with Gasteiger partial charge < -0.3 is 4.90 Å². The van der Waals surface area contributed by atoms with E-state index in [1.54, 1.807) is 0 Å². The van der Waals surface area contributed by atoms with Gasteiger partial charge in [0.2, 0.25) is 0 Å². The first-order valence-electron chi connectivity index (χ1n) is 16.1. The highest BCUT2D eigenvalue weighted by atomic mass is 32.4. The molecule has 5 heteroatoms. The second-order valence-corrected chi connectivity index (χ2v) is 18.9. The minimum absolute atomic E-state index is 0.446. The minimum Gasteiger partial charge on any atom is -0.310 e. The van der Waals surface area contributed by atoms with Crippen molar-refractivity contribution >= 4 is 74.3 Å². The fraction of sp³-hybridized carbons (Fsp3) is 0.0233. The maximum Gasteiger partial charge on any atom is 0.0764 e. The van der Waals surface area contributed by atoms with E-state index in [0.29, 0.717) is 0 Å². The van der Waals surface area contributed by atoms with Crippen LogP contribution in [0, 0.1) is 0 Å². The van der Waals surface area contributed by atoms with Crippen molar-refractivity contribution in [1.29, 1.82) is 0 Å². The molecule has 1 atom stereocenters. The van der Waals surface area contributed by atoms with E-state index in [0.717, 1.165) is 5.69 Å². The van der Waals surface area contributed by atoms with Crippen LogP contribution in [0.2, 0.25) is 0 Å². The molecule has 0 radical (unpaired) electrons. The molecule has 3 aliphatic heterocycles. The van der Waals surface area contributed by atoms with E-state index in [9.17, 15) is 0 Å². The number of benzene rings is 7. The Kier molecular flexibility index (Phi) is 6.48. The van der Waals surface area contributed by atoms with Gasteiger partial charge in [0.15, 0.2) is 0 Å². The number of nitrogens with zero attached hydrogens (tertiary/aromatic N) is 1. The molecular weight excluding hydrogens is 658 g/mol. The molecule has 3 aliphatic rings. The second-order valence-electron chi connectivity index (χ2n) is 12.4. The number of para-hydroxylation sites is 2. The minimum atomic E-state index is -2.25. The van der Waals surface area contributed by atoms with Gasteiger partial charge in [-0.2, -0.15) is 0 Å². The van der Waals surface area contributed by atoms with Gasteiger partial charge in [-0.3, -0.25) is 0 Å². The number of hydrogen-bond acceptors (Lipinski definition) is 4. The van der Waals surface area contributed by atoms with Gasteiger partial charge in [-0.1, -0.05) is 157 Å². The molecule has 1 spiro atoms. The van der Waals surface area contributed by atoms with Crippen LogP contribution in [-0.4, -0.2) is 0 Å². The second kappa shape index (κ2) is 10.9. The van der Waals surface area contributed by atoms with Crippen molar-refractivity contribution < 1.29 is 0 Å². The Hall–Kier alpha value is -4.31. The number of hydrogen-bond donors (Lipinski definition) is 0. The summed E-state index contributed by atoms with van der Waals surface area (Å²) in [6.07, 6.45) is 0. The van der Waals surface area contributed by atoms with Crippen LogP contribution in [0.15, 0.2) is 189 Å². The molecule has 1 nitrogen and oxygen atoms in total. The van der Waals surface area contributed by atoms with Crippen LogP contribution in [0.1, 0.15) is 22.3 Å². The van der Waals surface area contributed by atoms with Crippen LogP contribution in [-0.2, 0) is 17.2 Å². The van der Waals surface area contributed by atoms with E-state index >= 15 is 0 Å². The number of rotatable bonds is 2. The van der Waals surface area contributed by atoms with E-state index in [2.05, 4.69) is 175 Å². The van der Waals surface area contributed by atoms with Gasteiger partial charge in [-0.05, 0) is 76.1 Å². The molecule has 228 valence electrons. The standard InChI is InChI=1S/C43H28NPS3/c46-45(30-14-2-1-3-15-30)37-22-10-13-25-41(37)48-42-28-29(26-27-38(42)45)44-35-20-8-4-16-31(35)43(32-17-5-9-21-36(32)44)33-18-6-11-23-39(33)47-40-24-12-7-19-34(40)43/h1-28H. The SMILES string of the molecule is S=P1(c2ccccc2)c2ccccc2Sc2cc(N3c4ccccc4C4(c5ccccc5Sc5ccccc54)c4ccccc43)ccc21. The first kappa shape index (κ1) is 28.7. The van der Waals surface area contributed by atoms with Crippen LogP contribution in [0.3, 0.4) is 0 Å². The summed E-state index contributed by atoms with van der Waals surface area (Å²) in [6, 6.07) is 60.4. The van der Waals surface area contributed by atoms with Gasteiger partial charge in [0.05, 0.1) is 16.8 Å². The molecule has 48 heavy (non-hydrogen) atoms. The van der Waals surface area contributed by atoms with Crippen molar-refractivity contribution in [3.63, 3.8) is 0 Å². The monoisotopic (exact) mass is 685 g/mol. The summed E-state index contributed by atoms with van der Waals surface area (Å²) in [5, 5.41) is 3.81. The van der Waals surface area contributed by atoms with Gasteiger partial charge in [0.25, 0.3) is 0 Å². The third kappa shape index (κ3) is 3.86. The average molecular weight is 686 g/mol. The quantitative estimate of drug-likeness (QED) is 0.167. The highest BCUT2D eigenvalue weighted by Crippen LogP contribution is 2.63. The molecule has 0 fully saturated rings. The van der Waals surface area contributed by atoms with E-state index in [4.69, 9.17) is 11.8 Å².